The summed E-state index contributed by atoms with van der Waals surface area (Å²) in [7, 11) is 0. The number of rotatable bonds is 8. The fraction of sp³-hybridized carbons (Fsp3) is 0.200. The Morgan fingerprint density at radius 3 is 2.20 bits per heavy atom. The lowest BCUT2D eigenvalue weighted by molar-refractivity contribution is -0.120. The molecule has 5 nitrogen and oxygen atoms in total. The van der Waals surface area contributed by atoms with Crippen LogP contribution < -0.4 is 15.0 Å². The maximum Gasteiger partial charge on any atom is 0.265 e. The van der Waals surface area contributed by atoms with E-state index >= 15 is 0 Å². The molecule has 3 aromatic rings. The van der Waals surface area contributed by atoms with Gasteiger partial charge in [-0.2, -0.15) is 0 Å². The first-order valence-corrected chi connectivity index (χ1v) is 9.92. The molecule has 3 aromatic carbocycles. The lowest BCUT2D eigenvalue weighted by Crippen LogP contribution is -2.40. The fourth-order valence-electron chi connectivity index (χ4n) is 3.14. The van der Waals surface area contributed by atoms with Crippen LogP contribution in [0.25, 0.3) is 0 Å². The van der Waals surface area contributed by atoms with Gasteiger partial charge in [0.15, 0.2) is 12.4 Å². The zero-order valence-electron chi connectivity index (χ0n) is 17.5. The van der Waals surface area contributed by atoms with Crippen LogP contribution in [0, 0.1) is 0 Å². The van der Waals surface area contributed by atoms with Crippen molar-refractivity contribution in [2.45, 2.75) is 26.8 Å². The standard InChI is InChI=1S/C25H26N2O3/c1-18(2)27(25(29)17-30-24-11-7-8-20(16-24)19(3)28)23-14-12-22(13-15-23)26-21-9-5-4-6-10-21/h4-16,18,26H,17H2,1-3H3. The summed E-state index contributed by atoms with van der Waals surface area (Å²) in [4.78, 5) is 26.1. The van der Waals surface area contributed by atoms with Crippen LogP contribution >= 0.6 is 0 Å². The van der Waals surface area contributed by atoms with Gasteiger partial charge in [-0.15, -0.1) is 0 Å². The van der Waals surface area contributed by atoms with E-state index in [1.54, 1.807) is 29.2 Å². The topological polar surface area (TPSA) is 58.6 Å². The molecule has 0 aromatic heterocycles. The third-order valence-electron chi connectivity index (χ3n) is 4.60. The molecule has 30 heavy (non-hydrogen) atoms. The number of ether oxygens (including phenoxy) is 1. The molecule has 0 bridgehead atoms. The first kappa shape index (κ1) is 21.1. The Labute approximate surface area is 177 Å². The van der Waals surface area contributed by atoms with Crippen molar-refractivity contribution in [1.82, 2.24) is 0 Å². The Morgan fingerprint density at radius 2 is 1.57 bits per heavy atom. The van der Waals surface area contributed by atoms with Crippen LogP contribution in [0.3, 0.4) is 0 Å². The number of nitrogens with one attached hydrogen (secondary N) is 1. The molecule has 0 radical (unpaired) electrons. The van der Waals surface area contributed by atoms with Crippen molar-refractivity contribution in [1.29, 1.82) is 0 Å². The Hall–Kier alpha value is -3.60. The molecular weight excluding hydrogens is 376 g/mol. The van der Waals surface area contributed by atoms with Crippen molar-refractivity contribution < 1.29 is 14.3 Å². The second-order valence-corrected chi connectivity index (χ2v) is 7.27. The molecule has 0 aliphatic carbocycles. The first-order chi connectivity index (χ1) is 14.4. The number of hydrogen-bond donors (Lipinski definition) is 1. The summed E-state index contributed by atoms with van der Waals surface area (Å²) in [6.07, 6.45) is 0. The van der Waals surface area contributed by atoms with E-state index in [-0.39, 0.29) is 24.3 Å². The van der Waals surface area contributed by atoms with Crippen molar-refractivity contribution in [2.24, 2.45) is 0 Å². The maximum absolute atomic E-state index is 12.9. The fourth-order valence-corrected chi connectivity index (χ4v) is 3.14. The number of ketones is 1. The molecule has 0 fully saturated rings. The Balaban J connectivity index is 1.68. The normalized spacial score (nSPS) is 10.5. The summed E-state index contributed by atoms with van der Waals surface area (Å²) >= 11 is 0. The molecule has 154 valence electrons. The summed E-state index contributed by atoms with van der Waals surface area (Å²) in [5.74, 6) is 0.309. The highest BCUT2D eigenvalue weighted by Crippen LogP contribution is 2.23. The van der Waals surface area contributed by atoms with Gasteiger partial charge in [-0.1, -0.05) is 30.3 Å². The summed E-state index contributed by atoms with van der Waals surface area (Å²) in [6.45, 7) is 5.32. The molecule has 5 heteroatoms. The van der Waals surface area contributed by atoms with Crippen LogP contribution in [-0.4, -0.2) is 24.3 Å². The molecular formula is C25H26N2O3. The maximum atomic E-state index is 12.9. The van der Waals surface area contributed by atoms with Gasteiger partial charge in [0.2, 0.25) is 0 Å². The number of carbonyl (C=O) groups excluding carboxylic acids is 2. The summed E-state index contributed by atoms with van der Waals surface area (Å²) < 4.78 is 5.66. The molecule has 0 saturated heterocycles. The second kappa shape index (κ2) is 9.74. The Morgan fingerprint density at radius 1 is 0.900 bits per heavy atom. The van der Waals surface area contributed by atoms with Crippen molar-refractivity contribution in [3.63, 3.8) is 0 Å². The number of hydrogen-bond acceptors (Lipinski definition) is 4. The molecule has 3 rings (SSSR count). The van der Waals surface area contributed by atoms with Crippen LogP contribution in [0.4, 0.5) is 17.1 Å². The van der Waals surface area contributed by atoms with Crippen LogP contribution in [0.2, 0.25) is 0 Å². The van der Waals surface area contributed by atoms with Gasteiger partial charge in [-0.3, -0.25) is 9.59 Å². The van der Waals surface area contributed by atoms with Crippen LogP contribution in [0.15, 0.2) is 78.9 Å². The Kier molecular flexibility index (Phi) is 6.86. The van der Waals surface area contributed by atoms with Gasteiger partial charge in [0.25, 0.3) is 5.91 Å². The molecule has 0 atom stereocenters. The number of benzene rings is 3. The average molecular weight is 402 g/mol. The second-order valence-electron chi connectivity index (χ2n) is 7.27. The van der Waals surface area contributed by atoms with Crippen molar-refractivity contribution in [3.8, 4) is 5.75 Å². The number of para-hydroxylation sites is 1. The number of amides is 1. The third-order valence-corrected chi connectivity index (χ3v) is 4.60. The molecule has 0 aliphatic heterocycles. The average Bonchev–Trinajstić information content (AvgIpc) is 2.74. The van der Waals surface area contributed by atoms with Gasteiger partial charge in [-0.25, -0.2) is 0 Å². The molecule has 0 spiro atoms. The van der Waals surface area contributed by atoms with Crippen molar-refractivity contribution in [3.05, 3.63) is 84.4 Å². The minimum absolute atomic E-state index is 0.0300. The number of Topliss-reactive ketones (excluding diaryl/α,β-unsaturated/α-hetero) is 1. The summed E-state index contributed by atoms with van der Waals surface area (Å²) in [5, 5.41) is 3.33. The highest BCUT2D eigenvalue weighted by atomic mass is 16.5. The number of anilines is 3. The van der Waals surface area contributed by atoms with E-state index in [0.717, 1.165) is 17.1 Å². The van der Waals surface area contributed by atoms with E-state index in [1.807, 2.05) is 68.4 Å². The van der Waals surface area contributed by atoms with Gasteiger partial charge in [0, 0.05) is 28.7 Å². The predicted molar refractivity (Wildman–Crippen MR) is 121 cm³/mol. The van der Waals surface area contributed by atoms with Crippen molar-refractivity contribution >= 4 is 28.8 Å². The molecule has 0 heterocycles. The summed E-state index contributed by atoms with van der Waals surface area (Å²) in [6, 6.07) is 24.5. The zero-order chi connectivity index (χ0) is 21.5. The lowest BCUT2D eigenvalue weighted by atomic mass is 10.1. The van der Waals surface area contributed by atoms with Crippen LogP contribution in [0.1, 0.15) is 31.1 Å². The van der Waals surface area contributed by atoms with Gasteiger partial charge in [0.05, 0.1) is 0 Å². The molecule has 0 unspecified atom stereocenters. The predicted octanol–water partition coefficient (Wildman–Crippen LogP) is 5.45. The van der Waals surface area contributed by atoms with E-state index in [2.05, 4.69) is 5.32 Å². The van der Waals surface area contributed by atoms with E-state index in [0.29, 0.717) is 11.3 Å². The molecule has 1 N–H and O–H groups in total. The zero-order valence-corrected chi connectivity index (χ0v) is 17.5. The molecule has 0 aliphatic rings. The van der Waals surface area contributed by atoms with Gasteiger partial charge in [0.1, 0.15) is 5.75 Å². The van der Waals surface area contributed by atoms with Gasteiger partial charge >= 0.3 is 0 Å². The Bertz CT molecular complexity index is 998. The third kappa shape index (κ3) is 5.47. The van der Waals surface area contributed by atoms with Crippen LogP contribution in [-0.2, 0) is 4.79 Å². The van der Waals surface area contributed by atoms with Gasteiger partial charge in [-0.05, 0) is 69.3 Å². The smallest absolute Gasteiger partial charge is 0.265 e. The highest BCUT2D eigenvalue weighted by Gasteiger charge is 2.20. The lowest BCUT2D eigenvalue weighted by Gasteiger charge is -2.27. The number of carbonyl (C=O) groups is 2. The minimum atomic E-state index is -0.151. The minimum Gasteiger partial charge on any atom is -0.484 e. The monoisotopic (exact) mass is 402 g/mol. The first-order valence-electron chi connectivity index (χ1n) is 9.92. The highest BCUT2D eigenvalue weighted by molar-refractivity contribution is 5.95. The SMILES string of the molecule is CC(=O)c1cccc(OCC(=O)N(c2ccc(Nc3ccccc3)cc2)C(C)C)c1. The van der Waals surface area contributed by atoms with E-state index in [9.17, 15) is 9.59 Å². The molecule has 0 saturated carbocycles. The van der Waals surface area contributed by atoms with E-state index in [4.69, 9.17) is 4.74 Å². The summed E-state index contributed by atoms with van der Waals surface area (Å²) in [5.41, 5.74) is 3.30. The van der Waals surface area contributed by atoms with E-state index < -0.39 is 0 Å². The van der Waals surface area contributed by atoms with E-state index in [1.165, 1.54) is 6.92 Å². The quantitative estimate of drug-likeness (QED) is 0.509. The largest absolute Gasteiger partial charge is 0.484 e. The molecule has 1 amide bonds. The number of nitrogens with zero attached hydrogens (tertiary/aromatic N) is 1. The van der Waals surface area contributed by atoms with Crippen LogP contribution in [0.5, 0.6) is 5.75 Å². The van der Waals surface area contributed by atoms with Crippen molar-refractivity contribution in [2.75, 3.05) is 16.8 Å². The van der Waals surface area contributed by atoms with Gasteiger partial charge < -0.3 is 15.0 Å².